The third kappa shape index (κ3) is 5.24. The van der Waals surface area contributed by atoms with Crippen LogP contribution in [0.4, 0.5) is 18.9 Å². The lowest BCUT2D eigenvalue weighted by Crippen LogP contribution is -2.40. The van der Waals surface area contributed by atoms with Gasteiger partial charge < -0.3 is 15.0 Å². The molecule has 5 nitrogen and oxygen atoms in total. The standard InChI is InChI=1S/C13H15F3N2O3S2/c1-18(10-6-7-23(19,20)8-10)12(22)17-9-2-4-11(5-3-9)21-13(14,15)16/h2-5,10H,6-8H2,1H3,(H,17,22)/t10-/m1/s1. The second-order valence-electron chi connectivity index (χ2n) is 5.17. The lowest BCUT2D eigenvalue weighted by molar-refractivity contribution is -0.274. The first-order valence-electron chi connectivity index (χ1n) is 6.66. The third-order valence-corrected chi connectivity index (χ3v) is 5.56. The van der Waals surface area contributed by atoms with Crippen LogP contribution in [0.1, 0.15) is 6.42 Å². The number of halogens is 3. The molecule has 0 aliphatic carbocycles. The van der Waals surface area contributed by atoms with Crippen LogP contribution >= 0.6 is 12.2 Å². The SMILES string of the molecule is CN(C(=S)Nc1ccc(OC(F)(F)F)cc1)[C@@H]1CCS(=O)(=O)C1. The van der Waals surface area contributed by atoms with Gasteiger partial charge in [0.15, 0.2) is 14.9 Å². The Bertz CT molecular complexity index is 675. The molecule has 0 spiro atoms. The first kappa shape index (κ1) is 17.8. The molecule has 1 aliphatic rings. The minimum absolute atomic E-state index is 0.0453. The zero-order chi connectivity index (χ0) is 17.3. The molecule has 0 radical (unpaired) electrons. The molecule has 1 N–H and O–H groups in total. The van der Waals surface area contributed by atoms with Crippen molar-refractivity contribution in [3.63, 3.8) is 0 Å². The number of nitrogens with one attached hydrogen (secondary N) is 1. The van der Waals surface area contributed by atoms with E-state index in [0.717, 1.165) is 0 Å². The highest BCUT2D eigenvalue weighted by Crippen LogP contribution is 2.24. The molecule has 0 unspecified atom stereocenters. The van der Waals surface area contributed by atoms with Crippen molar-refractivity contribution in [3.8, 4) is 5.75 Å². The Morgan fingerprint density at radius 2 is 1.96 bits per heavy atom. The van der Waals surface area contributed by atoms with Gasteiger partial charge in [-0.3, -0.25) is 0 Å². The Hall–Kier alpha value is -1.55. The highest BCUT2D eigenvalue weighted by Gasteiger charge is 2.32. The summed E-state index contributed by atoms with van der Waals surface area (Å²) in [6.45, 7) is 0. The summed E-state index contributed by atoms with van der Waals surface area (Å²) in [5.41, 5.74) is 0.484. The lowest BCUT2D eigenvalue weighted by atomic mass is 10.2. The van der Waals surface area contributed by atoms with Gasteiger partial charge in [0.05, 0.1) is 11.5 Å². The summed E-state index contributed by atoms with van der Waals surface area (Å²) in [6, 6.07) is 4.92. The van der Waals surface area contributed by atoms with E-state index in [-0.39, 0.29) is 23.3 Å². The second kappa shape index (κ2) is 6.52. The smallest absolute Gasteiger partial charge is 0.406 e. The topological polar surface area (TPSA) is 58.6 Å². The van der Waals surface area contributed by atoms with E-state index in [1.165, 1.54) is 24.3 Å². The van der Waals surface area contributed by atoms with Crippen LogP contribution in [0.25, 0.3) is 0 Å². The largest absolute Gasteiger partial charge is 0.573 e. The number of anilines is 1. The second-order valence-corrected chi connectivity index (χ2v) is 7.79. The maximum Gasteiger partial charge on any atom is 0.573 e. The third-order valence-electron chi connectivity index (χ3n) is 3.42. The summed E-state index contributed by atoms with van der Waals surface area (Å²) in [7, 11) is -1.34. The monoisotopic (exact) mass is 368 g/mol. The summed E-state index contributed by atoms with van der Waals surface area (Å²) in [5.74, 6) is -0.151. The van der Waals surface area contributed by atoms with Crippen molar-refractivity contribution in [2.24, 2.45) is 0 Å². The number of nitrogens with zero attached hydrogens (tertiary/aromatic N) is 1. The summed E-state index contributed by atoms with van der Waals surface area (Å²) in [5, 5.41) is 3.16. The number of thiocarbonyl (C=S) groups is 1. The van der Waals surface area contributed by atoms with E-state index < -0.39 is 16.2 Å². The summed E-state index contributed by atoms with van der Waals surface area (Å²) in [6.07, 6.45) is -4.24. The number of hydrogen-bond donors (Lipinski definition) is 1. The van der Waals surface area contributed by atoms with Crippen LogP contribution in [0.15, 0.2) is 24.3 Å². The molecule has 128 valence electrons. The van der Waals surface area contributed by atoms with Gasteiger partial charge >= 0.3 is 6.36 Å². The van der Waals surface area contributed by atoms with E-state index in [9.17, 15) is 21.6 Å². The normalized spacial score (nSPS) is 20.1. The molecular formula is C13H15F3N2O3S2. The molecule has 1 aliphatic heterocycles. The molecule has 1 heterocycles. The number of benzene rings is 1. The molecule has 1 saturated heterocycles. The molecule has 1 atom stereocenters. The summed E-state index contributed by atoms with van der Waals surface area (Å²) >= 11 is 5.20. The fourth-order valence-electron chi connectivity index (χ4n) is 2.20. The Morgan fingerprint density at radius 1 is 1.35 bits per heavy atom. The van der Waals surface area contributed by atoms with Crippen LogP contribution in [0, 0.1) is 0 Å². The van der Waals surface area contributed by atoms with Crippen LogP contribution in [-0.4, -0.2) is 49.4 Å². The maximum atomic E-state index is 12.1. The van der Waals surface area contributed by atoms with Gasteiger partial charge in [-0.2, -0.15) is 0 Å². The first-order valence-corrected chi connectivity index (χ1v) is 8.89. The van der Waals surface area contributed by atoms with Gasteiger partial charge in [-0.1, -0.05) is 0 Å². The predicted molar refractivity (Wildman–Crippen MR) is 84.2 cm³/mol. The van der Waals surface area contributed by atoms with Crippen molar-refractivity contribution in [1.82, 2.24) is 4.90 Å². The Balaban J connectivity index is 1.95. The highest BCUT2D eigenvalue weighted by molar-refractivity contribution is 7.91. The molecular weight excluding hydrogens is 353 g/mol. The predicted octanol–water partition coefficient (Wildman–Crippen LogP) is 2.40. The van der Waals surface area contributed by atoms with E-state index in [1.54, 1.807) is 11.9 Å². The number of hydrogen-bond acceptors (Lipinski definition) is 4. The minimum atomic E-state index is -4.74. The first-order chi connectivity index (χ1) is 10.6. The molecule has 10 heteroatoms. The van der Waals surface area contributed by atoms with Gasteiger partial charge in [0.25, 0.3) is 0 Å². The van der Waals surface area contributed by atoms with Crippen molar-refractivity contribution in [3.05, 3.63) is 24.3 Å². The maximum absolute atomic E-state index is 12.1. The summed E-state index contributed by atoms with van der Waals surface area (Å²) < 4.78 is 63.0. The molecule has 0 aromatic heterocycles. The molecule has 0 saturated carbocycles. The molecule has 0 amide bonds. The zero-order valence-corrected chi connectivity index (χ0v) is 13.8. The van der Waals surface area contributed by atoms with E-state index in [0.29, 0.717) is 17.2 Å². The summed E-state index contributed by atoms with van der Waals surface area (Å²) in [4.78, 5) is 1.65. The molecule has 1 aromatic rings. The van der Waals surface area contributed by atoms with Gasteiger partial charge in [0.1, 0.15) is 5.75 Å². The molecule has 2 rings (SSSR count). The van der Waals surface area contributed by atoms with Crippen molar-refractivity contribution >= 4 is 32.9 Å². The Labute approximate surface area is 137 Å². The average molecular weight is 368 g/mol. The van der Waals surface area contributed by atoms with Gasteiger partial charge in [0, 0.05) is 18.8 Å². The Kier molecular flexibility index (Phi) is 5.04. The fraction of sp³-hybridized carbons (Fsp3) is 0.462. The fourth-order valence-corrected chi connectivity index (χ4v) is 4.24. The molecule has 1 aromatic carbocycles. The van der Waals surface area contributed by atoms with E-state index in [1.807, 2.05) is 0 Å². The van der Waals surface area contributed by atoms with Crippen molar-refractivity contribution in [2.75, 3.05) is 23.9 Å². The average Bonchev–Trinajstić information content (AvgIpc) is 2.78. The van der Waals surface area contributed by atoms with Gasteiger partial charge in [-0.25, -0.2) is 8.42 Å². The zero-order valence-electron chi connectivity index (χ0n) is 12.1. The quantitative estimate of drug-likeness (QED) is 0.827. The highest BCUT2D eigenvalue weighted by atomic mass is 32.2. The van der Waals surface area contributed by atoms with Crippen LogP contribution in [0.2, 0.25) is 0 Å². The van der Waals surface area contributed by atoms with Gasteiger partial charge in [0.2, 0.25) is 0 Å². The van der Waals surface area contributed by atoms with Crippen molar-refractivity contribution < 1.29 is 26.3 Å². The number of ether oxygens (including phenoxy) is 1. The van der Waals surface area contributed by atoms with E-state index >= 15 is 0 Å². The van der Waals surface area contributed by atoms with Gasteiger partial charge in [-0.05, 0) is 42.9 Å². The van der Waals surface area contributed by atoms with Crippen LogP contribution in [-0.2, 0) is 9.84 Å². The van der Waals surface area contributed by atoms with Crippen LogP contribution in [0.3, 0.4) is 0 Å². The Morgan fingerprint density at radius 3 is 2.43 bits per heavy atom. The molecule has 1 fully saturated rings. The van der Waals surface area contributed by atoms with Crippen LogP contribution in [0.5, 0.6) is 5.75 Å². The number of rotatable bonds is 3. The van der Waals surface area contributed by atoms with Gasteiger partial charge in [-0.15, -0.1) is 13.2 Å². The molecule has 0 bridgehead atoms. The lowest BCUT2D eigenvalue weighted by Gasteiger charge is -2.26. The van der Waals surface area contributed by atoms with Crippen molar-refractivity contribution in [2.45, 2.75) is 18.8 Å². The van der Waals surface area contributed by atoms with Crippen molar-refractivity contribution in [1.29, 1.82) is 0 Å². The molecule has 23 heavy (non-hydrogen) atoms. The van der Waals surface area contributed by atoms with E-state index in [4.69, 9.17) is 12.2 Å². The van der Waals surface area contributed by atoms with E-state index in [2.05, 4.69) is 10.1 Å². The minimum Gasteiger partial charge on any atom is -0.406 e. The van der Waals surface area contributed by atoms with Crippen LogP contribution < -0.4 is 10.1 Å². The number of alkyl halides is 3. The number of sulfone groups is 1.